The third-order valence-electron chi connectivity index (χ3n) is 2.73. The molecule has 0 aliphatic heterocycles. The van der Waals surface area contributed by atoms with E-state index in [1.54, 1.807) is 32.0 Å². The molecular formula is C13H20O3S. The van der Waals surface area contributed by atoms with Crippen LogP contribution < -0.4 is 0 Å². The van der Waals surface area contributed by atoms with Crippen LogP contribution in [0.4, 0.5) is 0 Å². The van der Waals surface area contributed by atoms with Crippen molar-refractivity contribution in [2.75, 3.05) is 6.26 Å². The molecule has 0 fully saturated rings. The van der Waals surface area contributed by atoms with Crippen LogP contribution in [0.2, 0.25) is 0 Å². The Bertz CT molecular complexity index is 508. The van der Waals surface area contributed by atoms with Crippen molar-refractivity contribution in [3.63, 3.8) is 0 Å². The summed E-state index contributed by atoms with van der Waals surface area (Å²) in [5.41, 5.74) is 0.612. The minimum atomic E-state index is -3.24. The molecule has 0 saturated carbocycles. The monoisotopic (exact) mass is 256 g/mol. The Labute approximate surface area is 103 Å². The first-order valence-electron chi connectivity index (χ1n) is 5.60. The van der Waals surface area contributed by atoms with E-state index in [1.165, 1.54) is 6.26 Å². The lowest BCUT2D eigenvalue weighted by Gasteiger charge is -2.24. The van der Waals surface area contributed by atoms with Crippen LogP contribution in [0, 0.1) is 0 Å². The highest BCUT2D eigenvalue weighted by molar-refractivity contribution is 7.90. The highest BCUT2D eigenvalue weighted by Crippen LogP contribution is 2.30. The molecule has 0 atom stereocenters. The molecule has 1 aromatic carbocycles. The number of benzene rings is 1. The fraction of sp³-hybridized carbons (Fsp3) is 0.538. The lowest BCUT2D eigenvalue weighted by atomic mass is 9.88. The summed E-state index contributed by atoms with van der Waals surface area (Å²) in [6.45, 7) is 7.37. The zero-order valence-electron chi connectivity index (χ0n) is 11.0. The fourth-order valence-electron chi connectivity index (χ4n) is 1.80. The average Bonchev–Trinajstić information content (AvgIpc) is 2.14. The van der Waals surface area contributed by atoms with Gasteiger partial charge < -0.3 is 5.11 Å². The Morgan fingerprint density at radius 2 is 1.76 bits per heavy atom. The van der Waals surface area contributed by atoms with E-state index in [2.05, 4.69) is 0 Å². The quantitative estimate of drug-likeness (QED) is 0.903. The highest BCUT2D eigenvalue weighted by Gasteiger charge is 2.23. The number of sulfone groups is 1. The van der Waals surface area contributed by atoms with Gasteiger partial charge in [0.2, 0.25) is 0 Å². The van der Waals surface area contributed by atoms with Gasteiger partial charge in [0.25, 0.3) is 0 Å². The molecule has 0 radical (unpaired) electrons. The SMILES string of the molecule is CC(C)c1ccc(S(C)(=O)=O)cc1C(C)(C)O. The molecule has 0 unspecified atom stereocenters. The lowest BCUT2D eigenvalue weighted by molar-refractivity contribution is 0.0771. The van der Waals surface area contributed by atoms with E-state index in [0.29, 0.717) is 5.56 Å². The Morgan fingerprint density at radius 1 is 1.24 bits per heavy atom. The molecule has 3 nitrogen and oxygen atoms in total. The maximum Gasteiger partial charge on any atom is 0.175 e. The largest absolute Gasteiger partial charge is 0.386 e. The van der Waals surface area contributed by atoms with Gasteiger partial charge in [-0.2, -0.15) is 0 Å². The molecule has 1 N–H and O–H groups in total. The maximum absolute atomic E-state index is 11.5. The van der Waals surface area contributed by atoms with Crippen molar-refractivity contribution in [3.8, 4) is 0 Å². The normalized spacial score (nSPS) is 13.1. The number of rotatable bonds is 3. The van der Waals surface area contributed by atoms with Crippen LogP contribution in [-0.2, 0) is 15.4 Å². The van der Waals surface area contributed by atoms with E-state index >= 15 is 0 Å². The van der Waals surface area contributed by atoms with Gasteiger partial charge in [-0.25, -0.2) is 8.42 Å². The maximum atomic E-state index is 11.5. The van der Waals surface area contributed by atoms with Crippen LogP contribution in [0.1, 0.15) is 44.7 Å². The minimum Gasteiger partial charge on any atom is -0.386 e. The van der Waals surface area contributed by atoms with Gasteiger partial charge in [-0.15, -0.1) is 0 Å². The molecule has 0 aromatic heterocycles. The first kappa shape index (κ1) is 14.2. The van der Waals surface area contributed by atoms with E-state index in [-0.39, 0.29) is 10.8 Å². The van der Waals surface area contributed by atoms with E-state index in [1.807, 2.05) is 13.8 Å². The number of hydrogen-bond donors (Lipinski definition) is 1. The summed E-state index contributed by atoms with van der Waals surface area (Å²) >= 11 is 0. The molecule has 0 amide bonds. The van der Waals surface area contributed by atoms with Crippen molar-refractivity contribution < 1.29 is 13.5 Å². The van der Waals surface area contributed by atoms with E-state index in [9.17, 15) is 13.5 Å². The van der Waals surface area contributed by atoms with Crippen molar-refractivity contribution in [1.82, 2.24) is 0 Å². The van der Waals surface area contributed by atoms with Gasteiger partial charge >= 0.3 is 0 Å². The average molecular weight is 256 g/mol. The molecule has 4 heteroatoms. The van der Waals surface area contributed by atoms with Crippen molar-refractivity contribution in [2.45, 2.75) is 44.1 Å². The molecule has 96 valence electrons. The van der Waals surface area contributed by atoms with Crippen LogP contribution in [-0.4, -0.2) is 19.8 Å². The Kier molecular flexibility index (Phi) is 3.69. The van der Waals surface area contributed by atoms with Crippen molar-refractivity contribution in [2.24, 2.45) is 0 Å². The van der Waals surface area contributed by atoms with Crippen LogP contribution in [0.15, 0.2) is 23.1 Å². The molecule has 0 aliphatic rings. The number of aliphatic hydroxyl groups is 1. The van der Waals surface area contributed by atoms with Gasteiger partial charge in [0.1, 0.15) is 0 Å². The second kappa shape index (κ2) is 4.42. The molecule has 0 spiro atoms. The summed E-state index contributed by atoms with van der Waals surface area (Å²) in [5, 5.41) is 10.1. The summed E-state index contributed by atoms with van der Waals surface area (Å²) in [4.78, 5) is 0.249. The predicted octanol–water partition coefficient (Wildman–Crippen LogP) is 2.44. The zero-order valence-corrected chi connectivity index (χ0v) is 11.8. The standard InChI is InChI=1S/C13H20O3S/c1-9(2)11-7-6-10(17(5,15)16)8-12(11)13(3,4)14/h6-9,14H,1-5H3. The second-order valence-electron chi connectivity index (χ2n) is 5.23. The number of hydrogen-bond acceptors (Lipinski definition) is 3. The molecule has 1 rings (SSSR count). The molecule has 1 aromatic rings. The van der Waals surface area contributed by atoms with Gasteiger partial charge in [0, 0.05) is 6.26 Å². The molecular weight excluding hydrogens is 236 g/mol. The minimum absolute atomic E-state index is 0.241. The van der Waals surface area contributed by atoms with Gasteiger partial charge in [-0.1, -0.05) is 19.9 Å². The van der Waals surface area contributed by atoms with Crippen LogP contribution in [0.25, 0.3) is 0 Å². The zero-order chi connectivity index (χ0) is 13.4. The molecule has 0 saturated heterocycles. The summed E-state index contributed by atoms with van der Waals surface area (Å²) < 4.78 is 23.0. The van der Waals surface area contributed by atoms with Crippen molar-refractivity contribution in [3.05, 3.63) is 29.3 Å². The molecule has 0 heterocycles. The Balaban J connectivity index is 3.51. The molecule has 0 bridgehead atoms. The van der Waals surface area contributed by atoms with Gasteiger partial charge in [-0.05, 0) is 43.0 Å². The topological polar surface area (TPSA) is 54.4 Å². The third-order valence-corrected chi connectivity index (χ3v) is 3.84. The van der Waals surface area contributed by atoms with Crippen LogP contribution >= 0.6 is 0 Å². The smallest absolute Gasteiger partial charge is 0.175 e. The summed E-state index contributed by atoms with van der Waals surface area (Å²) in [6, 6.07) is 4.96. The predicted molar refractivity (Wildman–Crippen MR) is 68.9 cm³/mol. The first-order valence-corrected chi connectivity index (χ1v) is 7.49. The third kappa shape index (κ3) is 3.30. The van der Waals surface area contributed by atoms with Crippen LogP contribution in [0.3, 0.4) is 0 Å². The lowest BCUT2D eigenvalue weighted by Crippen LogP contribution is -2.19. The second-order valence-corrected chi connectivity index (χ2v) is 7.25. The van der Waals surface area contributed by atoms with Gasteiger partial charge in [0.15, 0.2) is 9.84 Å². The van der Waals surface area contributed by atoms with E-state index in [0.717, 1.165) is 5.56 Å². The Morgan fingerprint density at radius 3 is 2.12 bits per heavy atom. The highest BCUT2D eigenvalue weighted by atomic mass is 32.2. The van der Waals surface area contributed by atoms with Crippen LogP contribution in [0.5, 0.6) is 0 Å². The van der Waals surface area contributed by atoms with Gasteiger partial charge in [-0.3, -0.25) is 0 Å². The van der Waals surface area contributed by atoms with Crippen molar-refractivity contribution >= 4 is 9.84 Å². The van der Waals surface area contributed by atoms with E-state index < -0.39 is 15.4 Å². The van der Waals surface area contributed by atoms with Crippen molar-refractivity contribution in [1.29, 1.82) is 0 Å². The summed E-state index contributed by atoms with van der Waals surface area (Å²) in [7, 11) is -3.24. The van der Waals surface area contributed by atoms with Gasteiger partial charge in [0.05, 0.1) is 10.5 Å². The Hall–Kier alpha value is -0.870. The molecule has 0 aliphatic carbocycles. The molecule has 17 heavy (non-hydrogen) atoms. The summed E-state index contributed by atoms with van der Waals surface area (Å²) in [6.07, 6.45) is 1.17. The van der Waals surface area contributed by atoms with E-state index in [4.69, 9.17) is 0 Å². The summed E-state index contributed by atoms with van der Waals surface area (Å²) in [5.74, 6) is 0.241. The first-order chi connectivity index (χ1) is 7.53. The fourth-order valence-corrected chi connectivity index (χ4v) is 2.45.